The molecule has 0 aliphatic heterocycles. The summed E-state index contributed by atoms with van der Waals surface area (Å²) in [4.78, 5) is 1.25. The van der Waals surface area contributed by atoms with Gasteiger partial charge in [0.2, 0.25) is 10.0 Å². The van der Waals surface area contributed by atoms with E-state index in [-0.39, 0.29) is 17.5 Å². The van der Waals surface area contributed by atoms with Gasteiger partial charge in [0.05, 0.1) is 16.5 Å². The molecule has 19 heavy (non-hydrogen) atoms. The third-order valence-electron chi connectivity index (χ3n) is 2.19. The summed E-state index contributed by atoms with van der Waals surface area (Å²) >= 11 is 4.71. The van der Waals surface area contributed by atoms with Crippen LogP contribution in [0.15, 0.2) is 14.7 Å². The van der Waals surface area contributed by atoms with Crippen molar-refractivity contribution in [3.8, 4) is 0 Å². The molecule has 0 unspecified atom stereocenters. The minimum absolute atomic E-state index is 0.0969. The van der Waals surface area contributed by atoms with E-state index in [4.69, 9.17) is 4.74 Å². The third-order valence-corrected chi connectivity index (χ3v) is 5.91. The average Bonchev–Trinajstić information content (AvgIpc) is 2.67. The molecule has 0 bridgehead atoms. The summed E-state index contributed by atoms with van der Waals surface area (Å²) in [7, 11) is -1.66. The Morgan fingerprint density at radius 2 is 2.16 bits per heavy atom. The smallest absolute Gasteiger partial charge is 0.242 e. The van der Waals surface area contributed by atoms with Crippen LogP contribution in [0.4, 0.5) is 0 Å². The maximum absolute atomic E-state index is 12.1. The molecule has 0 aliphatic rings. The molecule has 0 atom stereocenters. The molecule has 1 aromatic heterocycles. The molecular weight excluding hydrogens is 352 g/mol. The van der Waals surface area contributed by atoms with Gasteiger partial charge in [-0.05, 0) is 42.9 Å². The van der Waals surface area contributed by atoms with Crippen molar-refractivity contribution >= 4 is 37.3 Å². The number of rotatable bonds is 8. The minimum atomic E-state index is -3.48. The zero-order chi connectivity index (χ0) is 14.5. The van der Waals surface area contributed by atoms with Gasteiger partial charge in [0.25, 0.3) is 0 Å². The highest BCUT2D eigenvalue weighted by Gasteiger charge is 2.20. The highest BCUT2D eigenvalue weighted by molar-refractivity contribution is 9.11. The SMILES string of the molecule is CNCc1cc(S(=O)(=O)NCCOC(C)C)c(Br)s1. The minimum Gasteiger partial charge on any atom is -0.377 e. The maximum atomic E-state index is 12.1. The molecular formula is C11H19BrN2O3S2. The van der Waals surface area contributed by atoms with Gasteiger partial charge in [0.15, 0.2) is 0 Å². The van der Waals surface area contributed by atoms with Crippen LogP contribution in [0.5, 0.6) is 0 Å². The molecule has 5 nitrogen and oxygen atoms in total. The molecule has 0 aliphatic carbocycles. The van der Waals surface area contributed by atoms with Crippen molar-refractivity contribution in [1.29, 1.82) is 0 Å². The summed E-state index contributed by atoms with van der Waals surface area (Å²) in [5.74, 6) is 0. The molecule has 2 N–H and O–H groups in total. The van der Waals surface area contributed by atoms with Gasteiger partial charge in [0, 0.05) is 18.0 Å². The molecule has 1 rings (SSSR count). The predicted octanol–water partition coefficient (Wildman–Crippen LogP) is 1.93. The summed E-state index contributed by atoms with van der Waals surface area (Å²) < 4.78 is 32.7. The zero-order valence-electron chi connectivity index (χ0n) is 11.2. The zero-order valence-corrected chi connectivity index (χ0v) is 14.4. The van der Waals surface area contributed by atoms with E-state index in [0.29, 0.717) is 16.9 Å². The Morgan fingerprint density at radius 1 is 1.47 bits per heavy atom. The molecule has 0 saturated carbocycles. The first kappa shape index (κ1) is 17.1. The van der Waals surface area contributed by atoms with Crippen molar-refractivity contribution in [2.24, 2.45) is 0 Å². The van der Waals surface area contributed by atoms with Crippen LogP contribution in [0.3, 0.4) is 0 Å². The molecule has 8 heteroatoms. The van der Waals surface area contributed by atoms with Crippen LogP contribution < -0.4 is 10.0 Å². The van der Waals surface area contributed by atoms with Crippen LogP contribution in [0.25, 0.3) is 0 Å². The van der Waals surface area contributed by atoms with Gasteiger partial charge in [0.1, 0.15) is 4.90 Å². The van der Waals surface area contributed by atoms with Gasteiger partial charge < -0.3 is 10.1 Å². The second-order valence-electron chi connectivity index (χ2n) is 4.20. The van der Waals surface area contributed by atoms with E-state index in [9.17, 15) is 8.42 Å². The fraction of sp³-hybridized carbons (Fsp3) is 0.636. The van der Waals surface area contributed by atoms with E-state index in [2.05, 4.69) is 26.0 Å². The number of halogens is 1. The molecule has 0 fully saturated rings. The Morgan fingerprint density at radius 3 is 2.74 bits per heavy atom. The lowest BCUT2D eigenvalue weighted by Crippen LogP contribution is -2.28. The van der Waals surface area contributed by atoms with Crippen molar-refractivity contribution in [2.75, 3.05) is 20.2 Å². The Bertz CT molecular complexity index is 500. The largest absolute Gasteiger partial charge is 0.377 e. The second kappa shape index (κ2) is 7.70. The lowest BCUT2D eigenvalue weighted by atomic mass is 10.5. The van der Waals surface area contributed by atoms with Gasteiger partial charge in [-0.2, -0.15) is 0 Å². The quantitative estimate of drug-likeness (QED) is 0.686. The number of sulfonamides is 1. The standard InChI is InChI=1S/C11H19BrN2O3S2/c1-8(2)17-5-4-14-19(15,16)10-6-9(7-13-3)18-11(10)12/h6,8,13-14H,4-5,7H2,1-3H3. The Kier molecular flexibility index (Phi) is 6.92. The van der Waals surface area contributed by atoms with Gasteiger partial charge >= 0.3 is 0 Å². The fourth-order valence-electron chi connectivity index (χ4n) is 1.39. The van der Waals surface area contributed by atoms with Gasteiger partial charge in [-0.25, -0.2) is 13.1 Å². The van der Waals surface area contributed by atoms with Crippen LogP contribution in [0, 0.1) is 0 Å². The topological polar surface area (TPSA) is 67.4 Å². The highest BCUT2D eigenvalue weighted by atomic mass is 79.9. The second-order valence-corrected chi connectivity index (χ2v) is 8.39. The average molecular weight is 371 g/mol. The van der Waals surface area contributed by atoms with E-state index in [1.165, 1.54) is 11.3 Å². The van der Waals surface area contributed by atoms with Crippen LogP contribution >= 0.6 is 27.3 Å². The van der Waals surface area contributed by atoms with Crippen LogP contribution in [0.2, 0.25) is 0 Å². The maximum Gasteiger partial charge on any atom is 0.242 e. The van der Waals surface area contributed by atoms with E-state index >= 15 is 0 Å². The summed E-state index contributed by atoms with van der Waals surface area (Å²) in [6, 6.07) is 1.68. The molecule has 110 valence electrons. The Balaban J connectivity index is 2.66. The normalized spacial score (nSPS) is 12.3. The van der Waals surface area contributed by atoms with Crippen LogP contribution in [-0.2, 0) is 21.3 Å². The van der Waals surface area contributed by atoms with Crippen LogP contribution in [-0.4, -0.2) is 34.7 Å². The number of nitrogens with one attached hydrogen (secondary N) is 2. The molecule has 1 heterocycles. The number of hydrogen-bond donors (Lipinski definition) is 2. The van der Waals surface area contributed by atoms with E-state index in [1.807, 2.05) is 20.9 Å². The highest BCUT2D eigenvalue weighted by Crippen LogP contribution is 2.31. The first-order chi connectivity index (χ1) is 8.86. The van der Waals surface area contributed by atoms with E-state index in [1.54, 1.807) is 6.07 Å². The summed E-state index contributed by atoms with van der Waals surface area (Å²) in [5, 5.41) is 3.00. The molecule has 0 radical (unpaired) electrons. The van der Waals surface area contributed by atoms with Gasteiger partial charge in [-0.3, -0.25) is 0 Å². The Hall–Kier alpha value is 0.01000. The van der Waals surface area contributed by atoms with Gasteiger partial charge in [-0.15, -0.1) is 11.3 Å². The van der Waals surface area contributed by atoms with Crippen LogP contribution in [0.1, 0.15) is 18.7 Å². The first-order valence-electron chi connectivity index (χ1n) is 5.91. The molecule has 0 amide bonds. The third kappa shape index (κ3) is 5.49. The monoisotopic (exact) mass is 370 g/mol. The number of ether oxygens (including phenoxy) is 1. The summed E-state index contributed by atoms with van der Waals surface area (Å²) in [6.45, 7) is 5.10. The van der Waals surface area contributed by atoms with Crippen molar-refractivity contribution in [2.45, 2.75) is 31.4 Å². The van der Waals surface area contributed by atoms with Crippen molar-refractivity contribution < 1.29 is 13.2 Å². The first-order valence-corrected chi connectivity index (χ1v) is 9.00. The molecule has 0 aromatic carbocycles. The molecule has 0 saturated heterocycles. The van der Waals surface area contributed by atoms with Crippen molar-refractivity contribution in [3.63, 3.8) is 0 Å². The van der Waals surface area contributed by atoms with Crippen molar-refractivity contribution in [3.05, 3.63) is 14.7 Å². The summed E-state index contributed by atoms with van der Waals surface area (Å²) in [6.07, 6.45) is 0.0969. The van der Waals surface area contributed by atoms with E-state index < -0.39 is 10.0 Å². The number of hydrogen-bond acceptors (Lipinski definition) is 5. The summed E-state index contributed by atoms with van der Waals surface area (Å²) in [5.41, 5.74) is 0. The Labute approximate surface area is 126 Å². The predicted molar refractivity (Wildman–Crippen MR) is 81.1 cm³/mol. The fourth-order valence-corrected chi connectivity index (χ4v) is 5.10. The van der Waals surface area contributed by atoms with Gasteiger partial charge in [-0.1, -0.05) is 0 Å². The van der Waals surface area contributed by atoms with E-state index in [0.717, 1.165) is 4.88 Å². The molecule has 0 spiro atoms. The number of thiophene rings is 1. The molecule has 1 aromatic rings. The van der Waals surface area contributed by atoms with Crippen molar-refractivity contribution in [1.82, 2.24) is 10.0 Å². The lowest BCUT2D eigenvalue weighted by Gasteiger charge is -2.08. The lowest BCUT2D eigenvalue weighted by molar-refractivity contribution is 0.0834.